The van der Waals surface area contributed by atoms with Crippen LogP contribution in [0.5, 0.6) is 0 Å². The van der Waals surface area contributed by atoms with Gasteiger partial charge < -0.3 is 9.64 Å². The minimum Gasteiger partial charge on any atom is -0.381 e. The van der Waals surface area contributed by atoms with Crippen molar-refractivity contribution in [3.8, 4) is 0 Å². The molecule has 0 aromatic heterocycles. The molecule has 3 nitrogen and oxygen atoms in total. The number of benzene rings is 1. The third kappa shape index (κ3) is 5.20. The quantitative estimate of drug-likeness (QED) is 0.715. The smallest absolute Gasteiger partial charge is 0.223 e. The molecule has 5 heteroatoms. The van der Waals surface area contributed by atoms with Gasteiger partial charge in [-0.3, -0.25) is 4.79 Å². The van der Waals surface area contributed by atoms with Gasteiger partial charge in [-0.15, -0.1) is 11.8 Å². The monoisotopic (exact) mass is 327 g/mol. The van der Waals surface area contributed by atoms with Crippen LogP contribution >= 0.6 is 23.4 Å². The van der Waals surface area contributed by atoms with E-state index in [-0.39, 0.29) is 5.91 Å². The summed E-state index contributed by atoms with van der Waals surface area (Å²) in [5, 5.41) is 0.755. The number of halogens is 1. The van der Waals surface area contributed by atoms with Crippen LogP contribution in [0.2, 0.25) is 5.02 Å². The van der Waals surface area contributed by atoms with Crippen molar-refractivity contribution in [2.24, 2.45) is 5.92 Å². The second-order valence-electron chi connectivity index (χ2n) is 5.19. The first-order chi connectivity index (χ1) is 10.2. The number of thioether (sulfide) groups is 1. The molecule has 116 valence electrons. The number of carbonyl (C=O) groups excluding carboxylic acids is 1. The lowest BCUT2D eigenvalue weighted by atomic mass is 10.1. The average Bonchev–Trinajstić information content (AvgIpc) is 2.99. The van der Waals surface area contributed by atoms with Crippen LogP contribution in [-0.2, 0) is 9.53 Å². The van der Waals surface area contributed by atoms with E-state index in [9.17, 15) is 4.79 Å². The summed E-state index contributed by atoms with van der Waals surface area (Å²) >= 11 is 7.75. The molecule has 1 amide bonds. The van der Waals surface area contributed by atoms with Crippen molar-refractivity contribution < 1.29 is 9.53 Å². The van der Waals surface area contributed by atoms with Gasteiger partial charge in [0, 0.05) is 42.7 Å². The number of ether oxygens (including phenoxy) is 1. The molecule has 1 aromatic carbocycles. The minimum atomic E-state index is 0.226. The first-order valence-electron chi connectivity index (χ1n) is 7.43. The van der Waals surface area contributed by atoms with Crippen molar-refractivity contribution in [1.29, 1.82) is 0 Å². The molecule has 1 aromatic rings. The molecular weight excluding hydrogens is 306 g/mol. The molecule has 21 heavy (non-hydrogen) atoms. The number of hydrogen-bond acceptors (Lipinski definition) is 3. The van der Waals surface area contributed by atoms with Gasteiger partial charge in [0.25, 0.3) is 0 Å². The van der Waals surface area contributed by atoms with Crippen molar-refractivity contribution in [2.45, 2.75) is 24.7 Å². The zero-order chi connectivity index (χ0) is 15.1. The zero-order valence-corrected chi connectivity index (χ0v) is 14.0. The van der Waals surface area contributed by atoms with Crippen LogP contribution in [0, 0.1) is 5.92 Å². The maximum atomic E-state index is 12.3. The van der Waals surface area contributed by atoms with Gasteiger partial charge in [-0.2, -0.15) is 0 Å². The van der Waals surface area contributed by atoms with E-state index in [0.717, 1.165) is 48.4 Å². The fourth-order valence-corrected chi connectivity index (χ4v) is 3.59. The van der Waals surface area contributed by atoms with Crippen LogP contribution in [0.4, 0.5) is 0 Å². The lowest BCUT2D eigenvalue weighted by Crippen LogP contribution is -2.35. The molecule has 1 saturated heterocycles. The Balaban J connectivity index is 1.75. The number of amides is 1. The third-order valence-corrected chi connectivity index (χ3v) is 5.16. The Morgan fingerprint density at radius 1 is 1.48 bits per heavy atom. The molecule has 0 aliphatic carbocycles. The van der Waals surface area contributed by atoms with E-state index in [0.29, 0.717) is 12.3 Å². The highest BCUT2D eigenvalue weighted by molar-refractivity contribution is 7.99. The van der Waals surface area contributed by atoms with Crippen LogP contribution in [0.1, 0.15) is 19.8 Å². The molecular formula is C16H22ClNO2S. The van der Waals surface area contributed by atoms with E-state index in [1.165, 1.54) is 0 Å². The Morgan fingerprint density at radius 3 is 2.95 bits per heavy atom. The maximum Gasteiger partial charge on any atom is 0.223 e. The molecule has 1 aliphatic heterocycles. The van der Waals surface area contributed by atoms with Gasteiger partial charge in [-0.1, -0.05) is 23.7 Å². The van der Waals surface area contributed by atoms with Gasteiger partial charge >= 0.3 is 0 Å². The fourth-order valence-electron chi connectivity index (χ4n) is 2.41. The maximum absolute atomic E-state index is 12.3. The highest BCUT2D eigenvalue weighted by Gasteiger charge is 2.21. The first kappa shape index (κ1) is 16.7. The van der Waals surface area contributed by atoms with Crippen LogP contribution < -0.4 is 0 Å². The highest BCUT2D eigenvalue weighted by Crippen LogP contribution is 2.27. The Morgan fingerprint density at radius 2 is 2.29 bits per heavy atom. The van der Waals surface area contributed by atoms with E-state index < -0.39 is 0 Å². The third-order valence-electron chi connectivity index (χ3n) is 3.65. The van der Waals surface area contributed by atoms with Gasteiger partial charge in [0.2, 0.25) is 5.91 Å². The molecule has 0 N–H and O–H groups in total. The summed E-state index contributed by atoms with van der Waals surface area (Å²) in [6, 6.07) is 7.75. The van der Waals surface area contributed by atoms with Crippen molar-refractivity contribution in [1.82, 2.24) is 4.90 Å². The van der Waals surface area contributed by atoms with Gasteiger partial charge in [-0.05, 0) is 25.5 Å². The molecule has 1 aliphatic rings. The van der Waals surface area contributed by atoms with Crippen LogP contribution in [0.3, 0.4) is 0 Å². The van der Waals surface area contributed by atoms with Crippen molar-refractivity contribution >= 4 is 29.3 Å². The Bertz CT molecular complexity index is 463. The average molecular weight is 328 g/mol. The largest absolute Gasteiger partial charge is 0.381 e. The Hall–Kier alpha value is -0.710. The summed E-state index contributed by atoms with van der Waals surface area (Å²) < 4.78 is 5.38. The van der Waals surface area contributed by atoms with Gasteiger partial charge in [-0.25, -0.2) is 0 Å². The van der Waals surface area contributed by atoms with Crippen molar-refractivity contribution in [3.05, 3.63) is 29.3 Å². The number of carbonyl (C=O) groups is 1. The van der Waals surface area contributed by atoms with Gasteiger partial charge in [0.05, 0.1) is 11.6 Å². The summed E-state index contributed by atoms with van der Waals surface area (Å²) in [5.74, 6) is 1.49. The summed E-state index contributed by atoms with van der Waals surface area (Å²) in [5.41, 5.74) is 0. The molecule has 1 atom stereocenters. The van der Waals surface area contributed by atoms with Crippen molar-refractivity contribution in [3.63, 3.8) is 0 Å². The predicted octanol–water partition coefficient (Wildman–Crippen LogP) is 3.71. The van der Waals surface area contributed by atoms with Crippen LogP contribution in [0.15, 0.2) is 29.2 Å². The van der Waals surface area contributed by atoms with E-state index in [2.05, 4.69) is 0 Å². The summed E-state index contributed by atoms with van der Waals surface area (Å²) in [7, 11) is 0. The van der Waals surface area contributed by atoms with Gasteiger partial charge in [0.15, 0.2) is 0 Å². The molecule has 0 spiro atoms. The highest BCUT2D eigenvalue weighted by atomic mass is 35.5. The Kier molecular flexibility index (Phi) is 6.87. The lowest BCUT2D eigenvalue weighted by Gasteiger charge is -2.23. The first-order valence-corrected chi connectivity index (χ1v) is 8.80. The summed E-state index contributed by atoms with van der Waals surface area (Å²) in [6.45, 7) is 5.25. The summed E-state index contributed by atoms with van der Waals surface area (Å²) in [6.07, 6.45) is 1.62. The van der Waals surface area contributed by atoms with Gasteiger partial charge in [0.1, 0.15) is 0 Å². The number of nitrogens with zero attached hydrogens (tertiary/aromatic N) is 1. The SMILES string of the molecule is CCN(C[C@@H]1CCOC1)C(=O)CCSc1ccccc1Cl. The van der Waals surface area contributed by atoms with E-state index in [4.69, 9.17) is 16.3 Å². The van der Waals surface area contributed by atoms with E-state index in [1.807, 2.05) is 36.1 Å². The molecule has 1 fully saturated rings. The molecule has 0 saturated carbocycles. The zero-order valence-electron chi connectivity index (χ0n) is 12.4. The molecule has 0 bridgehead atoms. The standard InChI is InChI=1S/C16H22ClNO2S/c1-2-18(11-13-7-9-20-12-13)16(19)8-10-21-15-6-4-3-5-14(15)17/h3-6,13H,2,7-12H2,1H3/t13-/m0/s1. The molecule has 2 rings (SSSR count). The number of rotatable bonds is 7. The minimum absolute atomic E-state index is 0.226. The van der Waals surface area contributed by atoms with E-state index in [1.54, 1.807) is 11.8 Å². The predicted molar refractivity (Wildman–Crippen MR) is 88.0 cm³/mol. The van der Waals surface area contributed by atoms with E-state index >= 15 is 0 Å². The normalized spacial score (nSPS) is 17.9. The molecule has 0 radical (unpaired) electrons. The lowest BCUT2D eigenvalue weighted by molar-refractivity contribution is -0.131. The number of hydrogen-bond donors (Lipinski definition) is 0. The van der Waals surface area contributed by atoms with Crippen molar-refractivity contribution in [2.75, 3.05) is 32.1 Å². The Labute approximate surface area is 136 Å². The molecule has 1 heterocycles. The summed E-state index contributed by atoms with van der Waals surface area (Å²) in [4.78, 5) is 15.3. The second kappa shape index (κ2) is 8.66. The molecule has 0 unspecified atom stereocenters. The second-order valence-corrected chi connectivity index (χ2v) is 6.73. The van der Waals surface area contributed by atoms with Crippen LogP contribution in [0.25, 0.3) is 0 Å². The van der Waals surface area contributed by atoms with Crippen LogP contribution in [-0.4, -0.2) is 42.9 Å². The fraction of sp³-hybridized carbons (Fsp3) is 0.562. The topological polar surface area (TPSA) is 29.5 Å².